The quantitative estimate of drug-likeness (QED) is 0.769. The fourth-order valence-electron chi connectivity index (χ4n) is 1.39. The van der Waals surface area contributed by atoms with Crippen LogP contribution in [0.1, 0.15) is 16.1 Å². The van der Waals surface area contributed by atoms with E-state index in [0.717, 1.165) is 0 Å². The summed E-state index contributed by atoms with van der Waals surface area (Å²) in [6, 6.07) is 4.97. The van der Waals surface area contributed by atoms with E-state index < -0.39 is 0 Å². The van der Waals surface area contributed by atoms with Gasteiger partial charge in [0.15, 0.2) is 0 Å². The van der Waals surface area contributed by atoms with Gasteiger partial charge in [-0.05, 0) is 12.1 Å². The zero-order valence-corrected chi connectivity index (χ0v) is 10.2. The number of amides is 1. The molecule has 0 radical (unpaired) electrons. The molecule has 1 aromatic heterocycles. The number of rotatable bonds is 6. The summed E-state index contributed by atoms with van der Waals surface area (Å²) in [5, 5.41) is 17.6. The van der Waals surface area contributed by atoms with Crippen molar-refractivity contribution in [2.75, 3.05) is 33.4 Å². The minimum Gasteiger partial charge on any atom is -0.395 e. The van der Waals surface area contributed by atoms with Crippen LogP contribution in [0.4, 0.5) is 0 Å². The molecule has 1 N–H and O–H groups in total. The molecule has 6 nitrogen and oxygen atoms in total. The van der Waals surface area contributed by atoms with Crippen molar-refractivity contribution in [1.29, 1.82) is 5.26 Å². The zero-order valence-electron chi connectivity index (χ0n) is 10.2. The van der Waals surface area contributed by atoms with Crippen LogP contribution < -0.4 is 0 Å². The van der Waals surface area contributed by atoms with E-state index in [2.05, 4.69) is 4.98 Å². The second kappa shape index (κ2) is 7.37. The average Bonchev–Trinajstić information content (AvgIpc) is 2.43. The topological polar surface area (TPSA) is 86.5 Å². The van der Waals surface area contributed by atoms with E-state index in [1.54, 1.807) is 7.11 Å². The van der Waals surface area contributed by atoms with Gasteiger partial charge in [-0.2, -0.15) is 5.26 Å². The molecule has 0 aliphatic carbocycles. The summed E-state index contributed by atoms with van der Waals surface area (Å²) in [6.45, 7) is 0.884. The molecule has 6 heteroatoms. The van der Waals surface area contributed by atoms with Gasteiger partial charge in [-0.15, -0.1) is 0 Å². The molecular formula is C12H15N3O3. The van der Waals surface area contributed by atoms with Crippen molar-refractivity contribution < 1.29 is 14.6 Å². The van der Waals surface area contributed by atoms with Crippen molar-refractivity contribution in [3.8, 4) is 6.07 Å². The van der Waals surface area contributed by atoms with Crippen molar-refractivity contribution in [3.05, 3.63) is 29.6 Å². The maximum Gasteiger partial charge on any atom is 0.272 e. The molecule has 0 saturated heterocycles. The number of pyridine rings is 1. The third kappa shape index (κ3) is 3.80. The van der Waals surface area contributed by atoms with Gasteiger partial charge in [0.25, 0.3) is 5.91 Å². The van der Waals surface area contributed by atoms with Crippen LogP contribution in [0.15, 0.2) is 18.3 Å². The summed E-state index contributed by atoms with van der Waals surface area (Å²) < 4.78 is 4.90. The Labute approximate surface area is 105 Å². The molecule has 0 bridgehead atoms. The van der Waals surface area contributed by atoms with Crippen LogP contribution in [0.5, 0.6) is 0 Å². The maximum absolute atomic E-state index is 12.1. The van der Waals surface area contributed by atoms with Crippen molar-refractivity contribution >= 4 is 5.91 Å². The largest absolute Gasteiger partial charge is 0.395 e. The molecular weight excluding hydrogens is 234 g/mol. The fourth-order valence-corrected chi connectivity index (χ4v) is 1.39. The number of nitrogens with zero attached hydrogens (tertiary/aromatic N) is 3. The van der Waals surface area contributed by atoms with Gasteiger partial charge in [0.05, 0.1) is 18.8 Å². The Hall–Kier alpha value is -1.97. The van der Waals surface area contributed by atoms with E-state index in [9.17, 15) is 4.79 Å². The first-order valence-corrected chi connectivity index (χ1v) is 5.48. The molecule has 18 heavy (non-hydrogen) atoms. The maximum atomic E-state index is 12.1. The van der Waals surface area contributed by atoms with Crippen LogP contribution in [0.2, 0.25) is 0 Å². The lowest BCUT2D eigenvalue weighted by Crippen LogP contribution is -2.36. The van der Waals surface area contributed by atoms with Crippen LogP contribution in [0.25, 0.3) is 0 Å². The van der Waals surface area contributed by atoms with Crippen molar-refractivity contribution in [1.82, 2.24) is 9.88 Å². The number of hydrogen-bond acceptors (Lipinski definition) is 5. The Kier molecular flexibility index (Phi) is 5.77. The molecule has 0 atom stereocenters. The van der Waals surface area contributed by atoms with Gasteiger partial charge in [0.2, 0.25) is 0 Å². The summed E-state index contributed by atoms with van der Waals surface area (Å²) in [5.41, 5.74) is 0.649. The van der Waals surface area contributed by atoms with E-state index in [0.29, 0.717) is 18.7 Å². The highest BCUT2D eigenvalue weighted by Gasteiger charge is 2.16. The minimum atomic E-state index is -0.286. The van der Waals surface area contributed by atoms with Crippen LogP contribution >= 0.6 is 0 Å². The van der Waals surface area contributed by atoms with E-state index >= 15 is 0 Å². The highest BCUT2D eigenvalue weighted by atomic mass is 16.5. The third-order valence-electron chi connectivity index (χ3n) is 2.33. The molecule has 0 aliphatic heterocycles. The molecule has 0 unspecified atom stereocenters. The number of aliphatic hydroxyl groups excluding tert-OH is 1. The van der Waals surface area contributed by atoms with Gasteiger partial charge in [-0.1, -0.05) is 0 Å². The monoisotopic (exact) mass is 249 g/mol. The summed E-state index contributed by atoms with van der Waals surface area (Å²) in [7, 11) is 1.54. The first-order chi connectivity index (χ1) is 8.72. The van der Waals surface area contributed by atoms with Crippen LogP contribution in [0, 0.1) is 11.3 Å². The Bertz CT molecular complexity index is 425. The van der Waals surface area contributed by atoms with E-state index in [1.807, 2.05) is 6.07 Å². The third-order valence-corrected chi connectivity index (χ3v) is 2.33. The summed E-state index contributed by atoms with van der Waals surface area (Å²) in [6.07, 6.45) is 1.35. The predicted molar refractivity (Wildman–Crippen MR) is 63.8 cm³/mol. The number of hydrogen-bond donors (Lipinski definition) is 1. The predicted octanol–water partition coefficient (Wildman–Crippen LogP) is 0.0342. The second-order valence-electron chi connectivity index (χ2n) is 3.55. The van der Waals surface area contributed by atoms with Gasteiger partial charge in [0, 0.05) is 26.4 Å². The highest BCUT2D eigenvalue weighted by Crippen LogP contribution is 2.03. The molecule has 96 valence electrons. The van der Waals surface area contributed by atoms with Crippen molar-refractivity contribution in [2.24, 2.45) is 0 Å². The van der Waals surface area contributed by atoms with Crippen LogP contribution in [-0.4, -0.2) is 54.3 Å². The smallest absolute Gasteiger partial charge is 0.272 e. The molecule has 1 amide bonds. The molecule has 0 aliphatic rings. The first kappa shape index (κ1) is 14.1. The molecule has 1 rings (SSSR count). The molecule has 0 spiro atoms. The Morgan fingerprint density at radius 1 is 1.56 bits per heavy atom. The molecule has 0 saturated carbocycles. The normalized spacial score (nSPS) is 9.83. The SMILES string of the molecule is COCCN(CCO)C(=O)c1ccc(C#N)cn1. The van der Waals surface area contributed by atoms with E-state index in [4.69, 9.17) is 15.1 Å². The number of nitriles is 1. The first-order valence-electron chi connectivity index (χ1n) is 5.48. The lowest BCUT2D eigenvalue weighted by Gasteiger charge is -2.20. The molecule has 0 aromatic carbocycles. The second-order valence-corrected chi connectivity index (χ2v) is 3.55. The Morgan fingerprint density at radius 3 is 2.83 bits per heavy atom. The van der Waals surface area contributed by atoms with Crippen molar-refractivity contribution in [2.45, 2.75) is 0 Å². The average molecular weight is 249 g/mol. The number of ether oxygens (including phenoxy) is 1. The lowest BCUT2D eigenvalue weighted by atomic mass is 10.2. The molecule has 0 fully saturated rings. The Morgan fingerprint density at radius 2 is 2.33 bits per heavy atom. The molecule has 1 aromatic rings. The summed E-state index contributed by atoms with van der Waals surface area (Å²) >= 11 is 0. The number of methoxy groups -OCH3 is 1. The summed E-state index contributed by atoms with van der Waals surface area (Å²) in [5.74, 6) is -0.286. The van der Waals surface area contributed by atoms with Gasteiger partial charge >= 0.3 is 0 Å². The Balaban J connectivity index is 2.77. The zero-order chi connectivity index (χ0) is 13.4. The van der Waals surface area contributed by atoms with E-state index in [-0.39, 0.29) is 24.8 Å². The molecule has 1 heterocycles. The highest BCUT2D eigenvalue weighted by molar-refractivity contribution is 5.92. The van der Waals surface area contributed by atoms with Gasteiger partial charge in [-0.25, -0.2) is 4.98 Å². The van der Waals surface area contributed by atoms with Gasteiger partial charge in [0.1, 0.15) is 11.8 Å². The van der Waals surface area contributed by atoms with Gasteiger partial charge < -0.3 is 14.7 Å². The number of aliphatic hydroxyl groups is 1. The van der Waals surface area contributed by atoms with Crippen LogP contribution in [-0.2, 0) is 4.74 Å². The number of aromatic nitrogens is 1. The lowest BCUT2D eigenvalue weighted by molar-refractivity contribution is 0.0651. The van der Waals surface area contributed by atoms with E-state index in [1.165, 1.54) is 23.2 Å². The van der Waals surface area contributed by atoms with Crippen LogP contribution in [0.3, 0.4) is 0 Å². The summed E-state index contributed by atoms with van der Waals surface area (Å²) in [4.78, 5) is 17.4. The van der Waals surface area contributed by atoms with Gasteiger partial charge in [-0.3, -0.25) is 4.79 Å². The standard InChI is InChI=1S/C12H15N3O3/c1-18-7-5-15(4-6-16)12(17)11-3-2-10(8-13)9-14-11/h2-3,9,16H,4-7H2,1H3. The number of carbonyl (C=O) groups excluding carboxylic acids is 1. The minimum absolute atomic E-state index is 0.119. The number of carbonyl (C=O) groups is 1. The van der Waals surface area contributed by atoms with Crippen molar-refractivity contribution in [3.63, 3.8) is 0 Å². The fraction of sp³-hybridized carbons (Fsp3) is 0.417.